The zero-order valence-corrected chi connectivity index (χ0v) is 21.4. The van der Waals surface area contributed by atoms with Gasteiger partial charge in [0.15, 0.2) is 0 Å². The average Bonchev–Trinajstić information content (AvgIpc) is 3.12. The monoisotopic (exact) mass is 504 g/mol. The highest BCUT2D eigenvalue weighted by atomic mass is 35.5. The van der Waals surface area contributed by atoms with Gasteiger partial charge in [0.05, 0.1) is 17.3 Å². The Bertz CT molecular complexity index is 1080. The molecular weight excluding hydrogens is 471 g/mol. The Hall–Kier alpha value is -2.65. The zero-order valence-electron chi connectivity index (χ0n) is 20.7. The first kappa shape index (κ1) is 25.4. The highest BCUT2D eigenvalue weighted by Crippen LogP contribution is 2.28. The van der Waals surface area contributed by atoms with Gasteiger partial charge >= 0.3 is 6.03 Å². The molecule has 1 N–H and O–H groups in total. The van der Waals surface area contributed by atoms with E-state index in [9.17, 15) is 14.0 Å². The molecule has 0 spiro atoms. The number of urea groups is 1. The average molecular weight is 505 g/mol. The number of hydrogen-bond donors (Lipinski definition) is 1. The summed E-state index contributed by atoms with van der Waals surface area (Å²) in [6.45, 7) is 9.56. The van der Waals surface area contributed by atoms with Gasteiger partial charge in [-0.25, -0.2) is 9.18 Å². The Morgan fingerprint density at radius 2 is 2.00 bits per heavy atom. The van der Waals surface area contributed by atoms with Gasteiger partial charge in [-0.05, 0) is 44.1 Å². The van der Waals surface area contributed by atoms with Gasteiger partial charge in [-0.3, -0.25) is 9.48 Å². The number of benzene rings is 1. The molecule has 3 amide bonds. The van der Waals surface area contributed by atoms with Crippen molar-refractivity contribution in [3.05, 3.63) is 46.0 Å². The summed E-state index contributed by atoms with van der Waals surface area (Å²) >= 11 is 5.84. The third-order valence-electron chi connectivity index (χ3n) is 6.67. The van der Waals surface area contributed by atoms with Crippen LogP contribution in [0.4, 0.5) is 14.9 Å². The van der Waals surface area contributed by atoms with Crippen LogP contribution in [0.3, 0.4) is 0 Å². The number of nitrogens with zero attached hydrogens (tertiary/aromatic N) is 5. The molecular formula is C25H34ClFN6O2. The summed E-state index contributed by atoms with van der Waals surface area (Å²) in [4.78, 5) is 32.2. The molecule has 0 bridgehead atoms. The molecule has 3 heterocycles. The molecule has 0 radical (unpaired) electrons. The standard InChI is InChI=1S/C25H34ClFN6O2/c1-4-9-31(10-5-2)14-17-13-30(3)24(34)23-19-16-32(11-8-22(19)29-33(23)15-17)25(35)28-18-6-7-21(27)20(26)12-18/h6-7,12,17H,4-5,8-11,13-16H2,1-3H3,(H,28,35). The van der Waals surface area contributed by atoms with Crippen molar-refractivity contribution in [1.29, 1.82) is 0 Å². The van der Waals surface area contributed by atoms with Gasteiger partial charge in [0, 0.05) is 56.8 Å². The van der Waals surface area contributed by atoms with Crippen LogP contribution in [0.15, 0.2) is 18.2 Å². The van der Waals surface area contributed by atoms with Gasteiger partial charge in [0.2, 0.25) is 0 Å². The molecule has 0 saturated heterocycles. The lowest BCUT2D eigenvalue weighted by atomic mass is 10.0. The van der Waals surface area contributed by atoms with E-state index in [2.05, 4.69) is 24.1 Å². The number of rotatable bonds is 7. The third kappa shape index (κ3) is 5.62. The van der Waals surface area contributed by atoms with Gasteiger partial charge in [-0.2, -0.15) is 5.10 Å². The van der Waals surface area contributed by atoms with Crippen LogP contribution in [-0.4, -0.2) is 76.2 Å². The van der Waals surface area contributed by atoms with Crippen LogP contribution in [0.1, 0.15) is 48.4 Å². The van der Waals surface area contributed by atoms with Gasteiger partial charge in [-0.1, -0.05) is 25.4 Å². The van der Waals surface area contributed by atoms with E-state index in [-0.39, 0.29) is 22.9 Å². The Morgan fingerprint density at radius 1 is 1.26 bits per heavy atom. The minimum atomic E-state index is -0.539. The quantitative estimate of drug-likeness (QED) is 0.616. The van der Waals surface area contributed by atoms with Crippen LogP contribution < -0.4 is 5.32 Å². The Balaban J connectivity index is 1.52. The highest BCUT2D eigenvalue weighted by molar-refractivity contribution is 6.31. The van der Waals surface area contributed by atoms with Crippen molar-refractivity contribution in [3.8, 4) is 0 Å². The summed E-state index contributed by atoms with van der Waals surface area (Å²) in [6.07, 6.45) is 2.78. The number of nitrogens with one attached hydrogen (secondary N) is 1. The van der Waals surface area contributed by atoms with Crippen molar-refractivity contribution in [3.63, 3.8) is 0 Å². The summed E-state index contributed by atoms with van der Waals surface area (Å²) in [5, 5.41) is 7.54. The topological polar surface area (TPSA) is 73.7 Å². The maximum atomic E-state index is 13.5. The molecule has 4 rings (SSSR count). The van der Waals surface area contributed by atoms with Gasteiger partial charge in [0.1, 0.15) is 11.5 Å². The first-order chi connectivity index (χ1) is 16.8. The molecule has 1 aromatic carbocycles. The Kier molecular flexibility index (Phi) is 7.96. The van der Waals surface area contributed by atoms with E-state index in [1.54, 1.807) is 9.80 Å². The summed E-state index contributed by atoms with van der Waals surface area (Å²) < 4.78 is 15.3. The predicted octanol–water partition coefficient (Wildman–Crippen LogP) is 4.09. The summed E-state index contributed by atoms with van der Waals surface area (Å²) in [5.74, 6) is -0.304. The first-order valence-electron chi connectivity index (χ1n) is 12.4. The minimum absolute atomic E-state index is 0.0497. The fourth-order valence-corrected chi connectivity index (χ4v) is 5.29. The molecule has 0 saturated carbocycles. The van der Waals surface area contributed by atoms with Crippen LogP contribution in [0.2, 0.25) is 5.02 Å². The smallest absolute Gasteiger partial charge is 0.322 e. The lowest BCUT2D eigenvalue weighted by Gasteiger charge is -2.28. The van der Waals surface area contributed by atoms with E-state index in [0.717, 1.165) is 43.7 Å². The number of carbonyl (C=O) groups excluding carboxylic acids is 2. The number of hydrogen-bond acceptors (Lipinski definition) is 4. The number of fused-ring (bicyclic) bond motifs is 3. The van der Waals surface area contributed by atoms with Crippen molar-refractivity contribution >= 4 is 29.2 Å². The number of aromatic nitrogens is 2. The number of halogens is 2. The van der Waals surface area contributed by atoms with Crippen molar-refractivity contribution in [2.45, 2.75) is 46.2 Å². The third-order valence-corrected chi connectivity index (χ3v) is 6.96. The largest absolute Gasteiger partial charge is 0.340 e. The lowest BCUT2D eigenvalue weighted by Crippen LogP contribution is -2.40. The molecule has 2 aromatic rings. The van der Waals surface area contributed by atoms with E-state index in [1.807, 2.05) is 11.7 Å². The zero-order chi connectivity index (χ0) is 25.1. The Morgan fingerprint density at radius 3 is 2.69 bits per heavy atom. The van der Waals surface area contributed by atoms with E-state index < -0.39 is 5.82 Å². The van der Waals surface area contributed by atoms with Crippen LogP contribution in [0.25, 0.3) is 0 Å². The second-order valence-electron chi connectivity index (χ2n) is 9.54. The summed E-state index contributed by atoms with van der Waals surface area (Å²) in [7, 11) is 1.85. The van der Waals surface area contributed by atoms with Crippen molar-refractivity contribution in [2.24, 2.45) is 5.92 Å². The molecule has 2 aliphatic rings. The fourth-order valence-electron chi connectivity index (χ4n) is 5.11. The molecule has 0 aliphatic carbocycles. The Labute approximate surface area is 211 Å². The molecule has 35 heavy (non-hydrogen) atoms. The van der Waals surface area contributed by atoms with Crippen molar-refractivity contribution < 1.29 is 14.0 Å². The maximum Gasteiger partial charge on any atom is 0.322 e. The van der Waals surface area contributed by atoms with Crippen LogP contribution >= 0.6 is 11.6 Å². The fraction of sp³-hybridized carbons (Fsp3) is 0.560. The van der Waals surface area contributed by atoms with Crippen LogP contribution in [0.5, 0.6) is 0 Å². The molecule has 1 unspecified atom stereocenters. The molecule has 0 fully saturated rings. The highest BCUT2D eigenvalue weighted by Gasteiger charge is 2.35. The second kappa shape index (κ2) is 11.0. The van der Waals surface area contributed by atoms with E-state index in [1.165, 1.54) is 18.2 Å². The van der Waals surface area contributed by atoms with Gasteiger partial charge in [-0.15, -0.1) is 0 Å². The van der Waals surface area contributed by atoms with Crippen LogP contribution in [-0.2, 0) is 19.5 Å². The number of amides is 3. The molecule has 1 aromatic heterocycles. The summed E-state index contributed by atoms with van der Waals surface area (Å²) in [5.41, 5.74) is 2.71. The lowest BCUT2D eigenvalue weighted by molar-refractivity contribution is 0.0768. The summed E-state index contributed by atoms with van der Waals surface area (Å²) in [6, 6.07) is 3.76. The van der Waals surface area contributed by atoms with Gasteiger partial charge in [0.25, 0.3) is 5.91 Å². The maximum absolute atomic E-state index is 13.5. The number of anilines is 1. The normalized spacial score (nSPS) is 17.9. The van der Waals surface area contributed by atoms with Gasteiger partial charge < -0.3 is 20.0 Å². The second-order valence-corrected chi connectivity index (χ2v) is 9.95. The predicted molar refractivity (Wildman–Crippen MR) is 134 cm³/mol. The molecule has 1 atom stereocenters. The van der Waals surface area contributed by atoms with E-state index >= 15 is 0 Å². The van der Waals surface area contributed by atoms with E-state index in [4.69, 9.17) is 16.7 Å². The molecule has 2 aliphatic heterocycles. The molecule has 10 heteroatoms. The van der Waals surface area contributed by atoms with E-state index in [0.29, 0.717) is 44.0 Å². The molecule has 190 valence electrons. The molecule has 8 nitrogen and oxygen atoms in total. The van der Waals surface area contributed by atoms with Crippen molar-refractivity contribution in [1.82, 2.24) is 24.5 Å². The SMILES string of the molecule is CCCN(CCC)CC1CN(C)C(=O)c2c3c(nn2C1)CCN(C(=O)Nc1ccc(F)c(Cl)c1)C3. The number of carbonyl (C=O) groups is 2. The first-order valence-corrected chi connectivity index (χ1v) is 12.8. The van der Waals surface area contributed by atoms with Crippen molar-refractivity contribution in [2.75, 3.05) is 45.1 Å². The van der Waals surface area contributed by atoms with Crippen LogP contribution in [0, 0.1) is 11.7 Å². The minimum Gasteiger partial charge on any atom is -0.340 e.